The largest absolute Gasteiger partial charge is 0.497 e. The number of carbonyl (C=O) groups excluding carboxylic acids is 1. The third kappa shape index (κ3) is 2.67. The molecule has 0 atom stereocenters. The molecule has 0 fully saturated rings. The minimum Gasteiger partial charge on any atom is -0.497 e. The van der Waals surface area contributed by atoms with E-state index in [-0.39, 0.29) is 5.12 Å². The van der Waals surface area contributed by atoms with E-state index >= 15 is 0 Å². The van der Waals surface area contributed by atoms with Crippen LogP contribution in [0.2, 0.25) is 0 Å². The highest BCUT2D eigenvalue weighted by Gasteiger charge is 2.07. The Balaban J connectivity index is 3.01. The van der Waals surface area contributed by atoms with Crippen LogP contribution in [0.15, 0.2) is 23.1 Å². The maximum Gasteiger partial charge on any atom is 0.190 e. The molecular formula is C10H12O3S. The fourth-order valence-electron chi connectivity index (χ4n) is 1.02. The lowest BCUT2D eigenvalue weighted by Gasteiger charge is -2.07. The van der Waals surface area contributed by atoms with Gasteiger partial charge >= 0.3 is 0 Å². The summed E-state index contributed by atoms with van der Waals surface area (Å²) in [5.74, 6) is 1.40. The summed E-state index contributed by atoms with van der Waals surface area (Å²) in [5, 5.41) is 0.0246. The molecule has 0 aromatic heterocycles. The first kappa shape index (κ1) is 10.9. The van der Waals surface area contributed by atoms with Crippen molar-refractivity contribution in [2.24, 2.45) is 0 Å². The molecule has 0 aliphatic heterocycles. The highest BCUT2D eigenvalue weighted by Crippen LogP contribution is 2.32. The number of hydrogen-bond donors (Lipinski definition) is 0. The maximum absolute atomic E-state index is 10.9. The van der Waals surface area contributed by atoms with Crippen LogP contribution in [0.25, 0.3) is 0 Å². The van der Waals surface area contributed by atoms with Gasteiger partial charge < -0.3 is 9.47 Å². The van der Waals surface area contributed by atoms with E-state index < -0.39 is 0 Å². The Morgan fingerprint density at radius 1 is 1.29 bits per heavy atom. The number of methoxy groups -OCH3 is 2. The fourth-order valence-corrected chi connectivity index (χ4v) is 1.76. The molecule has 0 radical (unpaired) electrons. The van der Waals surface area contributed by atoms with Crippen LogP contribution in [0.3, 0.4) is 0 Å². The van der Waals surface area contributed by atoms with E-state index in [0.717, 1.165) is 22.4 Å². The minimum atomic E-state index is 0.0246. The van der Waals surface area contributed by atoms with Crippen molar-refractivity contribution in [2.75, 3.05) is 14.2 Å². The molecule has 0 saturated carbocycles. The molecule has 0 aliphatic carbocycles. The van der Waals surface area contributed by atoms with Crippen molar-refractivity contribution in [3.8, 4) is 11.5 Å². The van der Waals surface area contributed by atoms with Gasteiger partial charge in [-0.05, 0) is 30.0 Å². The summed E-state index contributed by atoms with van der Waals surface area (Å²) >= 11 is 1.14. The number of ether oxygens (including phenoxy) is 2. The topological polar surface area (TPSA) is 35.5 Å². The zero-order valence-electron chi connectivity index (χ0n) is 8.37. The van der Waals surface area contributed by atoms with Gasteiger partial charge in [0, 0.05) is 6.92 Å². The van der Waals surface area contributed by atoms with E-state index in [1.54, 1.807) is 32.4 Å². The quantitative estimate of drug-likeness (QED) is 0.720. The Bertz CT molecular complexity index is 336. The van der Waals surface area contributed by atoms with Gasteiger partial charge in [-0.25, -0.2) is 0 Å². The normalized spacial score (nSPS) is 9.64. The summed E-state index contributed by atoms with van der Waals surface area (Å²) in [6.45, 7) is 1.52. The number of thioether (sulfide) groups is 1. The number of carbonyl (C=O) groups is 1. The lowest BCUT2D eigenvalue weighted by atomic mass is 10.3. The lowest BCUT2D eigenvalue weighted by Crippen LogP contribution is -1.90. The maximum atomic E-state index is 10.9. The van der Waals surface area contributed by atoms with E-state index in [9.17, 15) is 4.79 Å². The molecule has 1 aromatic carbocycles. The van der Waals surface area contributed by atoms with Gasteiger partial charge in [-0.1, -0.05) is 0 Å². The van der Waals surface area contributed by atoms with Crippen LogP contribution in [-0.2, 0) is 4.79 Å². The third-order valence-corrected chi connectivity index (χ3v) is 2.45. The average Bonchev–Trinajstić information content (AvgIpc) is 2.16. The molecule has 0 N–H and O–H groups in total. The lowest BCUT2D eigenvalue weighted by molar-refractivity contribution is -0.109. The van der Waals surface area contributed by atoms with Gasteiger partial charge in [0.25, 0.3) is 0 Å². The molecule has 76 valence electrons. The van der Waals surface area contributed by atoms with Gasteiger partial charge in [0.1, 0.15) is 11.5 Å². The van der Waals surface area contributed by atoms with Crippen LogP contribution in [0, 0.1) is 0 Å². The molecule has 1 aromatic rings. The molecular weight excluding hydrogens is 200 g/mol. The molecule has 0 spiro atoms. The molecule has 0 unspecified atom stereocenters. The highest BCUT2D eigenvalue weighted by molar-refractivity contribution is 8.13. The Morgan fingerprint density at radius 3 is 2.50 bits per heavy atom. The van der Waals surface area contributed by atoms with Crippen molar-refractivity contribution in [3.05, 3.63) is 18.2 Å². The van der Waals surface area contributed by atoms with Gasteiger partial charge in [0.05, 0.1) is 19.1 Å². The smallest absolute Gasteiger partial charge is 0.190 e. The van der Waals surface area contributed by atoms with Crippen molar-refractivity contribution in [1.29, 1.82) is 0 Å². The van der Waals surface area contributed by atoms with Gasteiger partial charge in [0.2, 0.25) is 0 Å². The molecule has 0 bridgehead atoms. The first-order valence-corrected chi connectivity index (χ1v) is 4.89. The molecule has 3 nitrogen and oxygen atoms in total. The van der Waals surface area contributed by atoms with Crippen LogP contribution in [0.1, 0.15) is 6.92 Å². The summed E-state index contributed by atoms with van der Waals surface area (Å²) in [5.41, 5.74) is 0. The molecule has 0 heterocycles. The second-order valence-corrected chi connectivity index (χ2v) is 3.83. The van der Waals surface area contributed by atoms with Gasteiger partial charge in [-0.3, -0.25) is 4.79 Å². The van der Waals surface area contributed by atoms with Crippen LogP contribution in [0.4, 0.5) is 0 Å². The van der Waals surface area contributed by atoms with E-state index in [4.69, 9.17) is 9.47 Å². The van der Waals surface area contributed by atoms with Crippen molar-refractivity contribution >= 4 is 16.9 Å². The van der Waals surface area contributed by atoms with E-state index in [1.807, 2.05) is 0 Å². The first-order chi connectivity index (χ1) is 6.67. The zero-order valence-corrected chi connectivity index (χ0v) is 9.18. The second kappa shape index (κ2) is 4.91. The SMILES string of the molecule is COc1ccc(OC)c(SC(C)=O)c1. The Morgan fingerprint density at radius 2 is 2.00 bits per heavy atom. The van der Waals surface area contributed by atoms with Crippen molar-refractivity contribution in [2.45, 2.75) is 11.8 Å². The van der Waals surface area contributed by atoms with E-state index in [2.05, 4.69) is 0 Å². The molecule has 0 amide bonds. The van der Waals surface area contributed by atoms with Gasteiger partial charge in [-0.2, -0.15) is 0 Å². The Kier molecular flexibility index (Phi) is 3.83. The number of benzene rings is 1. The first-order valence-electron chi connectivity index (χ1n) is 4.08. The van der Waals surface area contributed by atoms with Crippen molar-refractivity contribution < 1.29 is 14.3 Å². The summed E-state index contributed by atoms with van der Waals surface area (Å²) < 4.78 is 10.2. The highest BCUT2D eigenvalue weighted by atomic mass is 32.2. The summed E-state index contributed by atoms with van der Waals surface area (Å²) in [7, 11) is 3.16. The average molecular weight is 212 g/mol. The Labute approximate surface area is 87.4 Å². The fraction of sp³-hybridized carbons (Fsp3) is 0.300. The molecule has 4 heteroatoms. The third-order valence-electron chi connectivity index (χ3n) is 1.62. The zero-order chi connectivity index (χ0) is 10.6. The molecule has 0 saturated heterocycles. The number of hydrogen-bond acceptors (Lipinski definition) is 4. The van der Waals surface area contributed by atoms with Crippen molar-refractivity contribution in [3.63, 3.8) is 0 Å². The molecule has 1 rings (SSSR count). The summed E-state index contributed by atoms with van der Waals surface area (Å²) in [6.07, 6.45) is 0. The molecule has 0 aliphatic rings. The van der Waals surface area contributed by atoms with Crippen LogP contribution < -0.4 is 9.47 Å². The summed E-state index contributed by atoms with van der Waals surface area (Å²) in [6, 6.07) is 5.36. The second-order valence-electron chi connectivity index (χ2n) is 2.61. The van der Waals surface area contributed by atoms with Crippen LogP contribution in [0.5, 0.6) is 11.5 Å². The predicted octanol–water partition coefficient (Wildman–Crippen LogP) is 2.34. The van der Waals surface area contributed by atoms with Gasteiger partial charge in [0.15, 0.2) is 5.12 Å². The van der Waals surface area contributed by atoms with Crippen LogP contribution >= 0.6 is 11.8 Å². The Hall–Kier alpha value is -1.16. The van der Waals surface area contributed by atoms with Gasteiger partial charge in [-0.15, -0.1) is 0 Å². The molecule has 14 heavy (non-hydrogen) atoms. The predicted molar refractivity (Wildman–Crippen MR) is 56.1 cm³/mol. The van der Waals surface area contributed by atoms with E-state index in [1.165, 1.54) is 6.92 Å². The minimum absolute atomic E-state index is 0.0246. The standard InChI is InChI=1S/C10H12O3S/c1-7(11)14-10-6-8(12-2)4-5-9(10)13-3/h4-6H,1-3H3. The monoisotopic (exact) mass is 212 g/mol. The number of rotatable bonds is 3. The van der Waals surface area contributed by atoms with Crippen molar-refractivity contribution in [1.82, 2.24) is 0 Å². The summed E-state index contributed by atoms with van der Waals surface area (Å²) in [4.78, 5) is 11.7. The van der Waals surface area contributed by atoms with Crippen LogP contribution in [-0.4, -0.2) is 19.3 Å². The van der Waals surface area contributed by atoms with E-state index in [0.29, 0.717) is 5.75 Å².